The zero-order valence-electron chi connectivity index (χ0n) is 32.9. The van der Waals surface area contributed by atoms with Crippen molar-refractivity contribution in [2.45, 2.75) is 61.4 Å². The fraction of sp³-hybridized carbons (Fsp3) is 0.213. The van der Waals surface area contributed by atoms with Gasteiger partial charge in [-0.1, -0.05) is 120 Å². The van der Waals surface area contributed by atoms with Gasteiger partial charge in [0.05, 0.1) is 11.8 Å². The summed E-state index contributed by atoms with van der Waals surface area (Å²) in [5, 5.41) is 7.11. The summed E-state index contributed by atoms with van der Waals surface area (Å²) < 4.78 is 63.3. The molecule has 2 unspecified atom stereocenters. The third-order valence-corrected chi connectivity index (χ3v) is 12.7. The summed E-state index contributed by atoms with van der Waals surface area (Å²) >= 11 is 0. The van der Waals surface area contributed by atoms with Crippen LogP contribution in [0.25, 0.3) is 0 Å². The highest BCUT2D eigenvalue weighted by Crippen LogP contribution is 2.31. The minimum absolute atomic E-state index is 0.0403. The molecule has 0 aliphatic carbocycles. The third kappa shape index (κ3) is 10.9. The minimum Gasteiger partial charge on any atom is -0.379 e. The van der Waals surface area contributed by atoms with Crippen LogP contribution in [0.1, 0.15) is 71.1 Å². The van der Waals surface area contributed by atoms with Gasteiger partial charge >= 0.3 is 20.2 Å². The van der Waals surface area contributed by atoms with Crippen molar-refractivity contribution >= 4 is 26.0 Å². The Morgan fingerprint density at radius 2 is 0.793 bits per heavy atom. The molecule has 0 radical (unpaired) electrons. The third-order valence-electron chi connectivity index (χ3n) is 10.1. The van der Waals surface area contributed by atoms with Gasteiger partial charge in [-0.05, 0) is 98.5 Å². The highest BCUT2D eigenvalue weighted by Gasteiger charge is 2.31. The monoisotopic (exact) mass is 816 g/mol. The molecule has 9 nitrogen and oxygen atoms in total. The molecule has 4 atom stereocenters. The number of aryl methyl sites for hydroxylation is 2. The number of carbonyl (C=O) groups is 1. The van der Waals surface area contributed by atoms with Gasteiger partial charge < -0.3 is 19.0 Å². The Kier molecular flexibility index (Phi) is 13.6. The van der Waals surface area contributed by atoms with E-state index in [1.165, 1.54) is 24.3 Å². The first-order valence-corrected chi connectivity index (χ1v) is 21.9. The van der Waals surface area contributed by atoms with E-state index in [0.717, 1.165) is 22.3 Å². The first kappa shape index (κ1) is 42.0. The second kappa shape index (κ2) is 18.8. The smallest absolute Gasteiger partial charge is 0.339 e. The molecule has 0 fully saturated rings. The maximum atomic E-state index is 15.1. The van der Waals surface area contributed by atoms with Crippen LogP contribution in [0.2, 0.25) is 0 Å². The second-order valence-corrected chi connectivity index (χ2v) is 17.5. The van der Waals surface area contributed by atoms with E-state index >= 15 is 4.79 Å². The molecule has 0 spiro atoms. The van der Waals surface area contributed by atoms with E-state index in [1.807, 2.05) is 88.4 Å². The Morgan fingerprint density at radius 1 is 0.466 bits per heavy atom. The van der Waals surface area contributed by atoms with Crippen molar-refractivity contribution in [1.29, 1.82) is 0 Å². The molecule has 0 aromatic heterocycles. The van der Waals surface area contributed by atoms with Gasteiger partial charge in [0.15, 0.2) is 0 Å². The average molecular weight is 817 g/mol. The first-order valence-electron chi connectivity index (χ1n) is 19.1. The lowest BCUT2D eigenvalue weighted by Crippen LogP contribution is -2.36. The van der Waals surface area contributed by atoms with Crippen molar-refractivity contribution < 1.29 is 30.0 Å². The SMILES string of the molecule is Cc1ccc(S(=O)(=O)Oc2ccc(C(CN[C@H](C)c3ccccc3)C(=O)C(CN[C@H](C)c3ccccc3)c3ccc(OS(=O)(=O)c4ccc(C)cc4)cc3)cc2)cc1. The summed E-state index contributed by atoms with van der Waals surface area (Å²) in [6, 6.07) is 45.7. The molecule has 6 aromatic rings. The Hall–Kier alpha value is -5.59. The van der Waals surface area contributed by atoms with Crippen LogP contribution in [0.3, 0.4) is 0 Å². The van der Waals surface area contributed by atoms with Crippen LogP contribution in [0.15, 0.2) is 168 Å². The summed E-state index contributed by atoms with van der Waals surface area (Å²) in [6.07, 6.45) is 0. The van der Waals surface area contributed by atoms with Gasteiger partial charge in [0, 0.05) is 25.2 Å². The molecule has 6 rings (SSSR count). The van der Waals surface area contributed by atoms with Gasteiger partial charge in [-0.15, -0.1) is 0 Å². The summed E-state index contributed by atoms with van der Waals surface area (Å²) in [6.45, 7) is 8.37. The molecule has 0 saturated carbocycles. The number of rotatable bonds is 18. The summed E-state index contributed by atoms with van der Waals surface area (Å²) in [5.41, 5.74) is 5.31. The summed E-state index contributed by atoms with van der Waals surface area (Å²) in [4.78, 5) is 15.1. The van der Waals surface area contributed by atoms with Crippen LogP contribution in [-0.4, -0.2) is 35.7 Å². The normalized spacial score (nSPS) is 13.9. The molecule has 6 aromatic carbocycles. The average Bonchev–Trinajstić information content (AvgIpc) is 3.22. The summed E-state index contributed by atoms with van der Waals surface area (Å²) in [7, 11) is -8.18. The van der Waals surface area contributed by atoms with Gasteiger partial charge in [-0.2, -0.15) is 16.8 Å². The highest BCUT2D eigenvalue weighted by molar-refractivity contribution is 7.87. The topological polar surface area (TPSA) is 128 Å². The Morgan fingerprint density at radius 3 is 1.12 bits per heavy atom. The molecule has 300 valence electrons. The zero-order chi connectivity index (χ0) is 41.3. The van der Waals surface area contributed by atoms with Crippen LogP contribution >= 0.6 is 0 Å². The van der Waals surface area contributed by atoms with Crippen molar-refractivity contribution in [2.24, 2.45) is 0 Å². The van der Waals surface area contributed by atoms with Crippen molar-refractivity contribution in [3.8, 4) is 11.5 Å². The van der Waals surface area contributed by atoms with Crippen LogP contribution in [0, 0.1) is 13.8 Å². The van der Waals surface area contributed by atoms with Crippen LogP contribution < -0.4 is 19.0 Å². The van der Waals surface area contributed by atoms with Crippen molar-refractivity contribution in [2.75, 3.05) is 13.1 Å². The number of ketones is 1. The zero-order valence-corrected chi connectivity index (χ0v) is 34.5. The molecule has 0 bridgehead atoms. The van der Waals surface area contributed by atoms with E-state index in [1.54, 1.807) is 72.8 Å². The van der Waals surface area contributed by atoms with Gasteiger partial charge in [0.1, 0.15) is 27.1 Å². The number of carbonyl (C=O) groups excluding carboxylic acids is 1. The van der Waals surface area contributed by atoms with E-state index < -0.39 is 32.1 Å². The number of nitrogens with one attached hydrogen (secondary N) is 2. The second-order valence-electron chi connectivity index (χ2n) is 14.4. The first-order chi connectivity index (χ1) is 27.8. The Balaban J connectivity index is 1.31. The molecule has 11 heteroatoms. The van der Waals surface area contributed by atoms with Gasteiger partial charge in [0.2, 0.25) is 0 Å². The molecule has 0 amide bonds. The number of hydrogen-bond acceptors (Lipinski definition) is 9. The van der Waals surface area contributed by atoms with Crippen molar-refractivity contribution in [3.63, 3.8) is 0 Å². The van der Waals surface area contributed by atoms with Crippen molar-refractivity contribution in [3.05, 3.63) is 191 Å². The molecule has 0 aliphatic rings. The number of hydrogen-bond donors (Lipinski definition) is 2. The summed E-state index contributed by atoms with van der Waals surface area (Å²) in [5.74, 6) is -1.21. The lowest BCUT2D eigenvalue weighted by Gasteiger charge is -2.27. The van der Waals surface area contributed by atoms with Crippen molar-refractivity contribution in [1.82, 2.24) is 10.6 Å². The number of benzene rings is 6. The van der Waals surface area contributed by atoms with E-state index in [9.17, 15) is 16.8 Å². The fourth-order valence-electron chi connectivity index (χ4n) is 6.59. The predicted molar refractivity (Wildman–Crippen MR) is 227 cm³/mol. The molecule has 0 saturated heterocycles. The van der Waals surface area contributed by atoms with E-state index in [4.69, 9.17) is 8.37 Å². The standard InChI is InChI=1S/C47H48N2O7S2/c1-33-15-27-43(28-16-33)57(51,52)55-41-23-19-39(20-24-41)45(31-48-35(3)37-11-7-5-8-12-37)47(50)46(32-49-36(4)38-13-9-6-10-14-38)40-21-25-42(26-22-40)56-58(53,54)44-29-17-34(2)18-30-44/h5-30,35-36,45-46,48-49H,31-32H2,1-4H3/t35-,36-,45?,46?/m1/s1. The van der Waals surface area contributed by atoms with E-state index in [-0.39, 0.29) is 52.2 Å². The van der Waals surface area contributed by atoms with Crippen LogP contribution in [-0.2, 0) is 25.0 Å². The molecule has 2 N–H and O–H groups in total. The van der Waals surface area contributed by atoms with E-state index in [2.05, 4.69) is 10.6 Å². The Bertz CT molecular complexity index is 2300. The fourth-order valence-corrected chi connectivity index (χ4v) is 8.45. The maximum absolute atomic E-state index is 15.1. The Labute approximate surface area is 342 Å². The number of Topliss-reactive ketones (excluding diaryl/α,β-unsaturated/α-hetero) is 1. The molecule has 0 heterocycles. The van der Waals surface area contributed by atoms with Gasteiger partial charge in [-0.3, -0.25) is 4.79 Å². The molecular weight excluding hydrogens is 769 g/mol. The molecular formula is C47H48N2O7S2. The highest BCUT2D eigenvalue weighted by atomic mass is 32.2. The van der Waals surface area contributed by atoms with Crippen LogP contribution in [0.5, 0.6) is 11.5 Å². The van der Waals surface area contributed by atoms with Gasteiger partial charge in [0.25, 0.3) is 0 Å². The largest absolute Gasteiger partial charge is 0.379 e. The molecule has 0 aliphatic heterocycles. The van der Waals surface area contributed by atoms with Crippen LogP contribution in [0.4, 0.5) is 0 Å². The van der Waals surface area contributed by atoms with E-state index in [0.29, 0.717) is 11.1 Å². The van der Waals surface area contributed by atoms with Gasteiger partial charge in [-0.25, -0.2) is 0 Å². The quantitative estimate of drug-likeness (QED) is 0.0818. The lowest BCUT2D eigenvalue weighted by molar-refractivity contribution is -0.121. The lowest BCUT2D eigenvalue weighted by atomic mass is 9.83. The minimum atomic E-state index is -4.09. The predicted octanol–water partition coefficient (Wildman–Crippen LogP) is 8.98. The maximum Gasteiger partial charge on any atom is 0.339 e. The molecule has 58 heavy (non-hydrogen) atoms.